The van der Waals surface area contributed by atoms with Crippen LogP contribution in [0, 0.1) is 5.92 Å². The van der Waals surface area contributed by atoms with Crippen LogP contribution in [-0.4, -0.2) is 68.3 Å². The summed E-state index contributed by atoms with van der Waals surface area (Å²) in [5.74, 6) is 0.971. The third kappa shape index (κ3) is 6.08. The summed E-state index contributed by atoms with van der Waals surface area (Å²) in [6.07, 6.45) is 3.40. The number of rotatable bonds is 7. The van der Waals surface area contributed by atoms with E-state index >= 15 is 0 Å². The second-order valence-electron chi connectivity index (χ2n) is 6.05. The van der Waals surface area contributed by atoms with Crippen LogP contribution in [0.3, 0.4) is 0 Å². The lowest BCUT2D eigenvalue weighted by Crippen LogP contribution is -2.46. The zero-order chi connectivity index (χ0) is 17.6. The average Bonchev–Trinajstić information content (AvgIpc) is 2.97. The summed E-state index contributed by atoms with van der Waals surface area (Å²) in [6, 6.07) is -0.246. The molecule has 136 valence electrons. The molecular formula is C14H24N4O5S. The molecule has 1 aliphatic heterocycles. The summed E-state index contributed by atoms with van der Waals surface area (Å²) in [5, 5.41) is 6.53. The van der Waals surface area contributed by atoms with E-state index in [1.54, 1.807) is 12.0 Å². The maximum Gasteiger partial charge on any atom is 0.317 e. The van der Waals surface area contributed by atoms with E-state index in [9.17, 15) is 13.2 Å². The minimum absolute atomic E-state index is 0.0106. The van der Waals surface area contributed by atoms with Gasteiger partial charge in [-0.2, -0.15) is 4.98 Å². The quantitative estimate of drug-likeness (QED) is 0.740. The minimum atomic E-state index is -3.04. The Morgan fingerprint density at radius 3 is 3.00 bits per heavy atom. The van der Waals surface area contributed by atoms with Gasteiger partial charge in [-0.1, -0.05) is 5.16 Å². The van der Waals surface area contributed by atoms with Crippen LogP contribution < -0.4 is 5.32 Å². The molecule has 2 amide bonds. The predicted octanol–water partition coefficient (Wildman–Crippen LogP) is 0.225. The number of carbonyl (C=O) groups excluding carboxylic acids is 1. The van der Waals surface area contributed by atoms with Crippen molar-refractivity contribution in [2.45, 2.75) is 25.8 Å². The monoisotopic (exact) mass is 360 g/mol. The van der Waals surface area contributed by atoms with Crippen molar-refractivity contribution >= 4 is 15.9 Å². The van der Waals surface area contributed by atoms with Gasteiger partial charge in [0.2, 0.25) is 5.89 Å². The first-order chi connectivity index (χ1) is 11.4. The maximum atomic E-state index is 12.2. The van der Waals surface area contributed by atoms with Crippen molar-refractivity contribution < 1.29 is 22.5 Å². The van der Waals surface area contributed by atoms with Crippen LogP contribution in [0.25, 0.3) is 0 Å². The van der Waals surface area contributed by atoms with Gasteiger partial charge in [0.05, 0.1) is 18.9 Å². The Bertz CT molecular complexity index is 645. The number of carbonyl (C=O) groups is 1. The molecule has 0 bridgehead atoms. The van der Waals surface area contributed by atoms with Crippen molar-refractivity contribution in [1.82, 2.24) is 20.4 Å². The molecule has 0 aliphatic carbocycles. The minimum Gasteiger partial charge on any atom is -0.384 e. The van der Waals surface area contributed by atoms with E-state index in [1.165, 1.54) is 6.26 Å². The van der Waals surface area contributed by atoms with E-state index in [-0.39, 0.29) is 24.2 Å². The number of nitrogens with zero attached hydrogens (tertiary/aromatic N) is 3. The highest BCUT2D eigenvalue weighted by molar-refractivity contribution is 7.90. The number of ether oxygens (including phenoxy) is 1. The van der Waals surface area contributed by atoms with E-state index in [0.717, 1.165) is 12.8 Å². The topological polar surface area (TPSA) is 115 Å². The Balaban J connectivity index is 1.80. The SMILES string of the molecule is COCCc1noc(CNC(=O)N2CCC[C@H](CS(C)(=O)=O)C2)n1. The molecular weight excluding hydrogens is 336 g/mol. The summed E-state index contributed by atoms with van der Waals surface area (Å²) < 4.78 is 32.8. The van der Waals surface area contributed by atoms with Crippen LogP contribution in [0.2, 0.25) is 0 Å². The molecule has 1 saturated heterocycles. The molecule has 1 aromatic rings. The third-order valence-corrected chi connectivity index (χ3v) is 4.85. The van der Waals surface area contributed by atoms with Crippen molar-refractivity contribution in [3.8, 4) is 0 Å². The Kier molecular flexibility index (Phi) is 6.55. The van der Waals surface area contributed by atoms with Gasteiger partial charge in [0.25, 0.3) is 0 Å². The van der Waals surface area contributed by atoms with E-state index < -0.39 is 9.84 Å². The van der Waals surface area contributed by atoms with Crippen LogP contribution in [0.4, 0.5) is 4.79 Å². The van der Waals surface area contributed by atoms with Crippen LogP contribution in [-0.2, 0) is 27.5 Å². The highest BCUT2D eigenvalue weighted by Gasteiger charge is 2.26. The molecule has 1 fully saturated rings. The van der Waals surface area contributed by atoms with Gasteiger partial charge in [0, 0.05) is 32.9 Å². The molecule has 0 saturated carbocycles. The summed E-state index contributed by atoms with van der Waals surface area (Å²) in [6.45, 7) is 1.71. The van der Waals surface area contributed by atoms with Crippen molar-refractivity contribution in [3.63, 3.8) is 0 Å². The largest absolute Gasteiger partial charge is 0.384 e. The molecule has 1 aliphatic rings. The fraction of sp³-hybridized carbons (Fsp3) is 0.786. The molecule has 0 aromatic carbocycles. The number of methoxy groups -OCH3 is 1. The summed E-state index contributed by atoms with van der Waals surface area (Å²) in [7, 11) is -1.44. The van der Waals surface area contributed by atoms with E-state index in [4.69, 9.17) is 9.26 Å². The first-order valence-corrected chi connectivity index (χ1v) is 9.94. The van der Waals surface area contributed by atoms with Gasteiger partial charge >= 0.3 is 6.03 Å². The fourth-order valence-electron chi connectivity index (χ4n) is 2.73. The molecule has 1 N–H and O–H groups in total. The summed E-state index contributed by atoms with van der Waals surface area (Å²) in [4.78, 5) is 18.0. The van der Waals surface area contributed by atoms with E-state index in [1.807, 2.05) is 0 Å². The van der Waals surface area contributed by atoms with Gasteiger partial charge in [-0.3, -0.25) is 0 Å². The van der Waals surface area contributed by atoms with Gasteiger partial charge in [-0.25, -0.2) is 13.2 Å². The molecule has 2 heterocycles. The fourth-order valence-corrected chi connectivity index (χ4v) is 3.86. The Morgan fingerprint density at radius 1 is 1.50 bits per heavy atom. The standard InChI is InChI=1S/C14H24N4O5S/c1-22-7-5-12-16-13(23-17-12)8-15-14(19)18-6-3-4-11(9-18)10-24(2,20)21/h11H,3-10H2,1-2H3,(H,15,19)/t11-/m0/s1. The molecule has 2 rings (SSSR count). The highest BCUT2D eigenvalue weighted by atomic mass is 32.2. The van der Waals surface area contributed by atoms with Crippen molar-refractivity contribution in [3.05, 3.63) is 11.7 Å². The smallest absolute Gasteiger partial charge is 0.317 e. The molecule has 0 radical (unpaired) electrons. The van der Waals surface area contributed by atoms with Crippen molar-refractivity contribution in [2.75, 3.05) is 38.8 Å². The van der Waals surface area contributed by atoms with Crippen molar-refractivity contribution in [2.24, 2.45) is 5.92 Å². The number of hydrogen-bond acceptors (Lipinski definition) is 7. The lowest BCUT2D eigenvalue weighted by molar-refractivity contribution is 0.168. The summed E-state index contributed by atoms with van der Waals surface area (Å²) >= 11 is 0. The van der Waals surface area contributed by atoms with E-state index in [0.29, 0.717) is 37.8 Å². The highest BCUT2D eigenvalue weighted by Crippen LogP contribution is 2.18. The molecule has 1 aromatic heterocycles. The van der Waals surface area contributed by atoms with Gasteiger partial charge in [0.1, 0.15) is 9.84 Å². The number of nitrogens with one attached hydrogen (secondary N) is 1. The van der Waals surface area contributed by atoms with Gasteiger partial charge < -0.3 is 19.5 Å². The molecule has 0 unspecified atom stereocenters. The van der Waals surface area contributed by atoms with Crippen LogP contribution in [0.1, 0.15) is 24.6 Å². The zero-order valence-corrected chi connectivity index (χ0v) is 14.8. The van der Waals surface area contributed by atoms with Crippen LogP contribution in [0.15, 0.2) is 4.52 Å². The number of aromatic nitrogens is 2. The Hall–Kier alpha value is -1.68. The van der Waals surface area contributed by atoms with E-state index in [2.05, 4.69) is 15.5 Å². The number of urea groups is 1. The maximum absolute atomic E-state index is 12.2. The molecule has 1 atom stereocenters. The van der Waals surface area contributed by atoms with Gasteiger partial charge in [-0.15, -0.1) is 0 Å². The molecule has 9 nitrogen and oxygen atoms in total. The van der Waals surface area contributed by atoms with Gasteiger partial charge in [-0.05, 0) is 18.8 Å². The number of piperidine rings is 1. The number of hydrogen-bond donors (Lipinski definition) is 1. The molecule has 0 spiro atoms. The normalized spacial score (nSPS) is 18.6. The predicted molar refractivity (Wildman–Crippen MR) is 86.1 cm³/mol. The second-order valence-corrected chi connectivity index (χ2v) is 8.24. The molecule has 24 heavy (non-hydrogen) atoms. The molecule has 10 heteroatoms. The number of amides is 2. The second kappa shape index (κ2) is 8.43. The van der Waals surface area contributed by atoms with Gasteiger partial charge in [0.15, 0.2) is 5.82 Å². The lowest BCUT2D eigenvalue weighted by atomic mass is 10.0. The Labute approximate surface area is 141 Å². The third-order valence-electron chi connectivity index (χ3n) is 3.78. The average molecular weight is 360 g/mol. The number of sulfone groups is 1. The summed E-state index contributed by atoms with van der Waals surface area (Å²) in [5.41, 5.74) is 0. The van der Waals surface area contributed by atoms with Crippen LogP contribution >= 0.6 is 0 Å². The van der Waals surface area contributed by atoms with Crippen molar-refractivity contribution in [1.29, 1.82) is 0 Å². The Morgan fingerprint density at radius 2 is 2.29 bits per heavy atom. The first-order valence-electron chi connectivity index (χ1n) is 7.88. The van der Waals surface area contributed by atoms with Crippen LogP contribution in [0.5, 0.6) is 0 Å². The number of likely N-dealkylation sites (tertiary alicyclic amines) is 1. The zero-order valence-electron chi connectivity index (χ0n) is 14.0. The lowest BCUT2D eigenvalue weighted by Gasteiger charge is -2.32. The first kappa shape index (κ1) is 18.7.